The molecule has 4 rings (SSSR count). The normalized spacial score (nSPS) is 40.1. The van der Waals surface area contributed by atoms with Crippen LogP contribution in [0.3, 0.4) is 0 Å². The van der Waals surface area contributed by atoms with Crippen molar-refractivity contribution in [2.45, 2.75) is 96.2 Å². The Bertz CT molecular complexity index is 752. The van der Waals surface area contributed by atoms with Gasteiger partial charge in [-0.25, -0.2) is 0 Å². The van der Waals surface area contributed by atoms with E-state index in [-0.39, 0.29) is 12.2 Å². The van der Waals surface area contributed by atoms with Gasteiger partial charge >= 0.3 is 0 Å². The van der Waals surface area contributed by atoms with Gasteiger partial charge in [-0.1, -0.05) is 54.9 Å². The van der Waals surface area contributed by atoms with Crippen LogP contribution in [0.15, 0.2) is 46.6 Å². The third-order valence-corrected chi connectivity index (χ3v) is 8.49. The molecule has 3 heteroatoms. The Kier molecular flexibility index (Phi) is 6.72. The molecule has 4 aliphatic rings. The second kappa shape index (κ2) is 9.14. The second-order valence-electron chi connectivity index (χ2n) is 10.2. The van der Waals surface area contributed by atoms with E-state index in [1.165, 1.54) is 50.5 Å². The van der Waals surface area contributed by atoms with E-state index in [1.807, 2.05) is 0 Å². The van der Waals surface area contributed by atoms with Crippen LogP contribution in [0.4, 0.5) is 0 Å². The lowest BCUT2D eigenvalue weighted by Crippen LogP contribution is -2.30. The zero-order valence-electron chi connectivity index (χ0n) is 19.0. The van der Waals surface area contributed by atoms with Gasteiger partial charge in [0.2, 0.25) is 0 Å². The van der Waals surface area contributed by atoms with Gasteiger partial charge in [0, 0.05) is 0 Å². The number of fused-ring (bicyclic) bond motifs is 1. The van der Waals surface area contributed by atoms with Crippen molar-refractivity contribution in [2.75, 3.05) is 13.2 Å². The minimum Gasteiger partial charge on any atom is -0.392 e. The fourth-order valence-corrected chi connectivity index (χ4v) is 6.21. The number of rotatable bonds is 7. The molecular formula is C27H40O3. The number of aliphatic hydroxyl groups is 2. The van der Waals surface area contributed by atoms with E-state index in [1.54, 1.807) is 17.2 Å². The van der Waals surface area contributed by atoms with E-state index in [9.17, 15) is 5.11 Å². The first-order chi connectivity index (χ1) is 14.5. The topological polar surface area (TPSA) is 53.0 Å². The van der Waals surface area contributed by atoms with Gasteiger partial charge in [0.05, 0.1) is 24.9 Å². The van der Waals surface area contributed by atoms with Gasteiger partial charge in [-0.3, -0.25) is 0 Å². The summed E-state index contributed by atoms with van der Waals surface area (Å²) in [5.41, 5.74) is 6.22. The third kappa shape index (κ3) is 4.54. The zero-order valence-corrected chi connectivity index (χ0v) is 19.0. The average molecular weight is 413 g/mol. The maximum absolute atomic E-state index is 10.3. The van der Waals surface area contributed by atoms with Gasteiger partial charge in [0.15, 0.2) is 0 Å². The molecule has 1 aliphatic heterocycles. The van der Waals surface area contributed by atoms with Crippen molar-refractivity contribution in [1.29, 1.82) is 0 Å². The molecule has 4 unspecified atom stereocenters. The molecule has 0 radical (unpaired) electrons. The average Bonchev–Trinajstić information content (AvgIpc) is 3.44. The molecule has 3 aliphatic carbocycles. The van der Waals surface area contributed by atoms with Gasteiger partial charge in [-0.15, -0.1) is 0 Å². The van der Waals surface area contributed by atoms with Gasteiger partial charge in [-0.2, -0.15) is 0 Å². The van der Waals surface area contributed by atoms with Gasteiger partial charge in [0.1, 0.15) is 0 Å². The smallest absolute Gasteiger partial charge is 0.0914 e. The van der Waals surface area contributed by atoms with Crippen LogP contribution in [0, 0.1) is 11.3 Å². The molecule has 0 aromatic rings. The highest BCUT2D eigenvalue weighted by atomic mass is 16.6. The summed E-state index contributed by atoms with van der Waals surface area (Å²) in [6, 6.07) is 0. The Labute approximate surface area is 182 Å². The number of allylic oxidation sites excluding steroid dienone is 5. The SMILES string of the molecule is CCC1(CCCC2=CCC3/C(=C/C=C4/CC/C(=C/CO)C(O)C4)CCCC23C)CO1. The molecule has 0 bridgehead atoms. The minimum absolute atomic E-state index is 0.0253. The Morgan fingerprint density at radius 3 is 2.73 bits per heavy atom. The molecule has 30 heavy (non-hydrogen) atoms. The molecule has 0 aromatic carbocycles. The molecule has 0 aromatic heterocycles. The van der Waals surface area contributed by atoms with E-state index in [4.69, 9.17) is 9.84 Å². The van der Waals surface area contributed by atoms with E-state index < -0.39 is 6.10 Å². The Morgan fingerprint density at radius 2 is 2.03 bits per heavy atom. The highest BCUT2D eigenvalue weighted by molar-refractivity contribution is 5.34. The lowest BCUT2D eigenvalue weighted by atomic mass is 9.63. The van der Waals surface area contributed by atoms with Gasteiger partial charge < -0.3 is 14.9 Å². The maximum Gasteiger partial charge on any atom is 0.0914 e. The van der Waals surface area contributed by atoms with Crippen molar-refractivity contribution >= 4 is 0 Å². The number of epoxide rings is 1. The van der Waals surface area contributed by atoms with E-state index in [0.29, 0.717) is 17.8 Å². The van der Waals surface area contributed by atoms with E-state index in [2.05, 4.69) is 32.1 Å². The largest absolute Gasteiger partial charge is 0.392 e. The fourth-order valence-electron chi connectivity index (χ4n) is 6.21. The summed E-state index contributed by atoms with van der Waals surface area (Å²) in [5, 5.41) is 19.4. The Balaban J connectivity index is 1.38. The molecule has 1 heterocycles. The lowest BCUT2D eigenvalue weighted by Gasteiger charge is -2.41. The monoisotopic (exact) mass is 412 g/mol. The first-order valence-corrected chi connectivity index (χ1v) is 12.2. The van der Waals surface area contributed by atoms with Crippen molar-refractivity contribution in [1.82, 2.24) is 0 Å². The van der Waals surface area contributed by atoms with Gasteiger partial charge in [-0.05, 0) is 87.5 Å². The fraction of sp³-hybridized carbons (Fsp3) is 0.704. The summed E-state index contributed by atoms with van der Waals surface area (Å²) in [4.78, 5) is 0. The van der Waals surface area contributed by atoms with Gasteiger partial charge in [0.25, 0.3) is 0 Å². The van der Waals surface area contributed by atoms with E-state index in [0.717, 1.165) is 31.4 Å². The maximum atomic E-state index is 10.3. The van der Waals surface area contributed by atoms with Crippen LogP contribution in [0.5, 0.6) is 0 Å². The standard InChI is InChI=1S/C27H40O3/c1-3-27(19-30-27)16-5-7-23-12-13-24-21(6-4-15-26(23,24)2)10-8-20-9-11-22(14-17-28)25(29)18-20/h8,10,12,14,24-25,28-29H,3-7,9,11,13,15-19H2,1-2H3/b20-8-,21-10+,22-14-. The zero-order chi connectivity index (χ0) is 21.2. The highest BCUT2D eigenvalue weighted by Crippen LogP contribution is 2.56. The quantitative estimate of drug-likeness (QED) is 0.411. The summed E-state index contributed by atoms with van der Waals surface area (Å²) in [7, 11) is 0. The number of hydrogen-bond donors (Lipinski definition) is 2. The van der Waals surface area contributed by atoms with Crippen molar-refractivity contribution < 1.29 is 14.9 Å². The van der Waals surface area contributed by atoms with Crippen LogP contribution < -0.4 is 0 Å². The van der Waals surface area contributed by atoms with Crippen molar-refractivity contribution in [3.05, 3.63) is 46.6 Å². The molecule has 166 valence electrons. The minimum atomic E-state index is -0.422. The number of hydrogen-bond acceptors (Lipinski definition) is 3. The first-order valence-electron chi connectivity index (χ1n) is 12.2. The van der Waals surface area contributed by atoms with Crippen LogP contribution in [-0.4, -0.2) is 35.1 Å². The molecule has 3 fully saturated rings. The molecule has 0 amide bonds. The molecule has 4 atom stereocenters. The molecule has 1 saturated heterocycles. The third-order valence-electron chi connectivity index (χ3n) is 8.49. The summed E-state index contributed by atoms with van der Waals surface area (Å²) >= 11 is 0. The van der Waals surface area contributed by atoms with Crippen LogP contribution >= 0.6 is 0 Å². The summed E-state index contributed by atoms with van der Waals surface area (Å²) < 4.78 is 5.71. The summed E-state index contributed by atoms with van der Waals surface area (Å²) in [5.74, 6) is 0.661. The molecule has 2 N–H and O–H groups in total. The van der Waals surface area contributed by atoms with Crippen molar-refractivity contribution in [3.63, 3.8) is 0 Å². The predicted molar refractivity (Wildman–Crippen MR) is 122 cm³/mol. The van der Waals surface area contributed by atoms with Crippen LogP contribution in [-0.2, 0) is 4.74 Å². The molecule has 3 nitrogen and oxygen atoms in total. The molecule has 2 saturated carbocycles. The van der Waals surface area contributed by atoms with E-state index >= 15 is 0 Å². The van der Waals surface area contributed by atoms with Crippen LogP contribution in [0.2, 0.25) is 0 Å². The highest BCUT2D eigenvalue weighted by Gasteiger charge is 2.45. The Morgan fingerprint density at radius 1 is 1.20 bits per heavy atom. The second-order valence-corrected chi connectivity index (χ2v) is 10.2. The Hall–Kier alpha value is -1.16. The van der Waals surface area contributed by atoms with Crippen LogP contribution in [0.1, 0.15) is 84.5 Å². The van der Waals surface area contributed by atoms with Crippen molar-refractivity contribution in [3.8, 4) is 0 Å². The molecular weight excluding hydrogens is 372 g/mol. The summed E-state index contributed by atoms with van der Waals surface area (Å²) in [6.07, 6.45) is 21.1. The molecule has 0 spiro atoms. The number of aliphatic hydroxyl groups excluding tert-OH is 2. The van der Waals surface area contributed by atoms with Crippen LogP contribution in [0.25, 0.3) is 0 Å². The first kappa shape index (κ1) is 22.0. The number of ether oxygens (including phenoxy) is 1. The summed E-state index contributed by atoms with van der Waals surface area (Å²) in [6.45, 7) is 5.75. The lowest BCUT2D eigenvalue weighted by molar-refractivity contribution is 0.195. The predicted octanol–water partition coefficient (Wildman–Crippen LogP) is 5.79. The van der Waals surface area contributed by atoms with Crippen molar-refractivity contribution in [2.24, 2.45) is 11.3 Å².